The van der Waals surface area contributed by atoms with Gasteiger partial charge in [0.25, 0.3) is 0 Å². The van der Waals surface area contributed by atoms with Crippen molar-refractivity contribution in [3.63, 3.8) is 0 Å². The van der Waals surface area contributed by atoms with E-state index in [4.69, 9.17) is 10.5 Å². The standard InChI is InChI=1S/C29H30FN3O8/c1-12(9-30)32-11-15-7-17(13-3-4-20(41-2)33-10-13)18-6-14-5-16-8-19(34)23(28(31)39)27(38)29(16,40)26(37)21(14)25(36)22(18)24(15)35/h3-4,7,10,12,14,16,21,23,32,35,40H,5-6,8-9,11H2,1-2H3,(H2,31,39)/t12?,14-,16+,21?,23?,29+/m1/s1. The number of aromatic hydroxyl groups is 1. The summed E-state index contributed by atoms with van der Waals surface area (Å²) in [5.74, 6) is -10.5. The van der Waals surface area contributed by atoms with Crippen molar-refractivity contribution in [1.82, 2.24) is 10.3 Å². The molecule has 0 spiro atoms. The number of alkyl halides is 1. The molecule has 5 rings (SSSR count). The van der Waals surface area contributed by atoms with Gasteiger partial charge in [0.2, 0.25) is 11.8 Å². The van der Waals surface area contributed by atoms with Crippen molar-refractivity contribution in [1.29, 1.82) is 0 Å². The van der Waals surface area contributed by atoms with Crippen molar-refractivity contribution in [3.8, 4) is 22.8 Å². The number of aliphatic hydroxyl groups is 1. The molecule has 0 saturated heterocycles. The Labute approximate surface area is 234 Å². The van der Waals surface area contributed by atoms with E-state index in [0.29, 0.717) is 22.6 Å². The molecule has 12 heteroatoms. The first-order valence-corrected chi connectivity index (χ1v) is 13.3. The molecule has 2 aromatic rings. The second kappa shape index (κ2) is 10.4. The van der Waals surface area contributed by atoms with Gasteiger partial charge in [-0.25, -0.2) is 9.37 Å². The maximum absolute atomic E-state index is 14.0. The Morgan fingerprint density at radius 3 is 2.59 bits per heavy atom. The van der Waals surface area contributed by atoms with Crippen LogP contribution in [0.25, 0.3) is 11.1 Å². The van der Waals surface area contributed by atoms with Crippen LogP contribution in [0.1, 0.15) is 41.3 Å². The zero-order valence-corrected chi connectivity index (χ0v) is 22.5. The number of halogens is 1. The van der Waals surface area contributed by atoms with Crippen molar-refractivity contribution >= 4 is 29.0 Å². The molecule has 1 aromatic heterocycles. The summed E-state index contributed by atoms with van der Waals surface area (Å²) in [6.45, 7) is 0.951. The van der Waals surface area contributed by atoms with Crippen LogP contribution in [0.15, 0.2) is 24.4 Å². The zero-order chi connectivity index (χ0) is 29.8. The molecule has 6 atom stereocenters. The second-order valence-electron chi connectivity index (χ2n) is 11.1. The molecule has 216 valence electrons. The van der Waals surface area contributed by atoms with Gasteiger partial charge in [-0.05, 0) is 48.9 Å². The molecule has 3 aliphatic rings. The number of phenolic OH excluding ortho intramolecular Hbond substituents is 1. The predicted molar refractivity (Wildman–Crippen MR) is 141 cm³/mol. The first kappa shape index (κ1) is 28.5. The highest BCUT2D eigenvalue weighted by Crippen LogP contribution is 2.51. The normalized spacial score (nSPS) is 28.0. The fourth-order valence-corrected chi connectivity index (χ4v) is 6.48. The van der Waals surface area contributed by atoms with Crippen LogP contribution in [0.4, 0.5) is 4.39 Å². The van der Waals surface area contributed by atoms with Crippen LogP contribution in [-0.2, 0) is 32.1 Å². The van der Waals surface area contributed by atoms with Gasteiger partial charge in [-0.1, -0.05) is 0 Å². The van der Waals surface area contributed by atoms with Gasteiger partial charge >= 0.3 is 0 Å². The third-order valence-corrected chi connectivity index (χ3v) is 8.61. The van der Waals surface area contributed by atoms with Crippen molar-refractivity contribution in [2.45, 2.75) is 44.4 Å². The number of hydrogen-bond donors (Lipinski definition) is 4. The summed E-state index contributed by atoms with van der Waals surface area (Å²) in [6.07, 6.45) is 1.23. The molecule has 1 amide bonds. The van der Waals surface area contributed by atoms with E-state index in [-0.39, 0.29) is 30.5 Å². The summed E-state index contributed by atoms with van der Waals surface area (Å²) in [4.78, 5) is 69.6. The summed E-state index contributed by atoms with van der Waals surface area (Å²) in [6, 6.07) is 4.49. The van der Waals surface area contributed by atoms with E-state index in [1.165, 1.54) is 13.3 Å². The van der Waals surface area contributed by atoms with Gasteiger partial charge in [-0.15, -0.1) is 0 Å². The first-order chi connectivity index (χ1) is 19.4. The Morgan fingerprint density at radius 1 is 1.24 bits per heavy atom. The Kier molecular flexibility index (Phi) is 7.24. The molecule has 5 N–H and O–H groups in total. The molecule has 2 saturated carbocycles. The number of Topliss-reactive ketones (excluding diaryl/α,β-unsaturated/α-hetero) is 4. The number of carbonyl (C=O) groups is 5. The quantitative estimate of drug-likeness (QED) is 0.350. The van der Waals surface area contributed by atoms with Crippen molar-refractivity contribution in [2.75, 3.05) is 13.8 Å². The Morgan fingerprint density at radius 2 is 1.98 bits per heavy atom. The first-order valence-electron chi connectivity index (χ1n) is 13.3. The number of ether oxygens (including phenoxy) is 1. The molecule has 0 radical (unpaired) electrons. The minimum absolute atomic E-state index is 0.00298. The lowest BCUT2D eigenvalue weighted by Gasteiger charge is -2.48. The number of nitrogens with one attached hydrogen (secondary N) is 1. The molecule has 1 heterocycles. The molecule has 0 aliphatic heterocycles. The van der Waals surface area contributed by atoms with E-state index in [0.717, 1.165) is 0 Å². The maximum atomic E-state index is 14.0. The molecule has 0 bridgehead atoms. The summed E-state index contributed by atoms with van der Waals surface area (Å²) < 4.78 is 18.3. The molecule has 41 heavy (non-hydrogen) atoms. The predicted octanol–water partition coefficient (Wildman–Crippen LogP) is 0.845. The SMILES string of the molecule is COc1ccc(-c2cc(CNC(C)CF)c(O)c3c2C[C@H]2C[C@H]4CC(=O)C(C(N)=O)C(=O)[C@@]4(O)C(=O)C2C3=O)cn1. The largest absolute Gasteiger partial charge is 0.507 e. The lowest BCUT2D eigenvalue weighted by Crippen LogP contribution is -2.68. The van der Waals surface area contributed by atoms with Gasteiger partial charge in [0.1, 0.15) is 12.4 Å². The van der Waals surface area contributed by atoms with Crippen LogP contribution < -0.4 is 15.8 Å². The van der Waals surface area contributed by atoms with E-state index in [9.17, 15) is 38.6 Å². The maximum Gasteiger partial charge on any atom is 0.235 e. The van der Waals surface area contributed by atoms with E-state index in [1.807, 2.05) is 0 Å². The van der Waals surface area contributed by atoms with Gasteiger partial charge in [0.05, 0.1) is 18.6 Å². The minimum Gasteiger partial charge on any atom is -0.507 e. The molecule has 11 nitrogen and oxygen atoms in total. The summed E-state index contributed by atoms with van der Waals surface area (Å²) in [5.41, 5.74) is 4.25. The topological polar surface area (TPSA) is 186 Å². The molecule has 2 fully saturated rings. The molecule has 1 aromatic carbocycles. The van der Waals surface area contributed by atoms with E-state index >= 15 is 0 Å². The van der Waals surface area contributed by atoms with Gasteiger partial charge in [0.15, 0.2) is 34.7 Å². The van der Waals surface area contributed by atoms with Crippen molar-refractivity contribution in [3.05, 3.63) is 41.1 Å². The third kappa shape index (κ3) is 4.41. The Bertz CT molecular complexity index is 1480. The molecule has 3 aliphatic carbocycles. The number of pyridine rings is 1. The number of nitrogens with zero attached hydrogens (tertiary/aromatic N) is 1. The van der Waals surface area contributed by atoms with Gasteiger partial charge in [-0.3, -0.25) is 24.0 Å². The average molecular weight is 568 g/mol. The second-order valence-corrected chi connectivity index (χ2v) is 11.1. The number of carbonyl (C=O) groups excluding carboxylic acids is 5. The fraction of sp³-hybridized carbons (Fsp3) is 0.448. The number of aromatic nitrogens is 1. The van der Waals surface area contributed by atoms with Gasteiger partial charge in [0, 0.05) is 48.3 Å². The highest BCUT2D eigenvalue weighted by Gasteiger charge is 2.66. The number of amides is 1. The third-order valence-electron chi connectivity index (χ3n) is 8.61. The Hall–Kier alpha value is -4.03. The van der Waals surface area contributed by atoms with Crippen LogP contribution in [0.2, 0.25) is 0 Å². The lowest BCUT2D eigenvalue weighted by molar-refractivity contribution is -0.175. The van der Waals surface area contributed by atoms with Crippen LogP contribution in [0, 0.1) is 23.7 Å². The van der Waals surface area contributed by atoms with E-state index in [2.05, 4.69) is 10.3 Å². The number of methoxy groups -OCH3 is 1. The lowest BCUT2D eigenvalue weighted by atomic mass is 9.53. The summed E-state index contributed by atoms with van der Waals surface area (Å²) in [7, 11) is 1.46. The molecular formula is C29H30FN3O8. The Balaban J connectivity index is 1.63. The number of phenols is 1. The molecular weight excluding hydrogens is 537 g/mol. The molecule has 3 unspecified atom stereocenters. The average Bonchev–Trinajstić information content (AvgIpc) is 2.94. The van der Waals surface area contributed by atoms with E-state index in [1.54, 1.807) is 25.1 Å². The van der Waals surface area contributed by atoms with Crippen LogP contribution in [0.5, 0.6) is 11.6 Å². The van der Waals surface area contributed by atoms with Gasteiger partial charge < -0.3 is 26.0 Å². The van der Waals surface area contributed by atoms with E-state index < -0.39 is 83.2 Å². The highest BCUT2D eigenvalue weighted by atomic mass is 19.1. The number of hydrogen-bond acceptors (Lipinski definition) is 10. The van der Waals surface area contributed by atoms with Crippen LogP contribution in [0.3, 0.4) is 0 Å². The monoisotopic (exact) mass is 567 g/mol. The van der Waals surface area contributed by atoms with Crippen molar-refractivity contribution < 1.29 is 43.3 Å². The highest BCUT2D eigenvalue weighted by molar-refractivity contribution is 6.31. The summed E-state index contributed by atoms with van der Waals surface area (Å²) >= 11 is 0. The zero-order valence-electron chi connectivity index (χ0n) is 22.5. The summed E-state index contributed by atoms with van der Waals surface area (Å²) in [5, 5.41) is 25.6. The minimum atomic E-state index is -2.73. The number of primary amides is 1. The van der Waals surface area contributed by atoms with Crippen LogP contribution >= 0.6 is 0 Å². The number of ketones is 4. The fourth-order valence-electron chi connectivity index (χ4n) is 6.48. The number of fused-ring (bicyclic) bond motifs is 3. The number of rotatable bonds is 7. The van der Waals surface area contributed by atoms with Crippen LogP contribution in [-0.4, -0.2) is 69.7 Å². The smallest absolute Gasteiger partial charge is 0.235 e. The number of benzene rings is 1. The van der Waals surface area contributed by atoms with Gasteiger partial charge in [-0.2, -0.15) is 0 Å². The number of nitrogens with two attached hydrogens (primary N) is 1. The van der Waals surface area contributed by atoms with Crippen molar-refractivity contribution in [2.24, 2.45) is 29.4 Å².